The largest absolute Gasteiger partial charge is 0.219 e. The molecule has 0 aromatic rings. The van der Waals surface area contributed by atoms with Crippen molar-refractivity contribution in [2.24, 2.45) is 11.8 Å². The zero-order chi connectivity index (χ0) is 12.5. The van der Waals surface area contributed by atoms with Crippen LogP contribution in [0.25, 0.3) is 0 Å². The third kappa shape index (κ3) is 2.82. The molecule has 0 heterocycles. The average molecular weight is 254 g/mol. The zero-order valence-electron chi connectivity index (χ0n) is 10.8. The van der Waals surface area contributed by atoms with Gasteiger partial charge in [0.1, 0.15) is 0 Å². The van der Waals surface area contributed by atoms with Crippen LogP contribution in [0.2, 0.25) is 0 Å². The first-order valence-electron chi connectivity index (χ1n) is 6.63. The summed E-state index contributed by atoms with van der Waals surface area (Å²) >= 11 is 0. The highest BCUT2D eigenvalue weighted by atomic mass is 32.2. The van der Waals surface area contributed by atoms with E-state index < -0.39 is 9.84 Å². The van der Waals surface area contributed by atoms with Gasteiger partial charge in [-0.05, 0) is 50.4 Å². The Labute approximate surface area is 105 Å². The standard InChI is InChI=1S/C14H22O2S/c1-11-3-7-13(8-4-11)17(15,16)14-9-5-12(2)6-10-14/h7,9,11-12H,3-6,8,10H2,1-2H3. The van der Waals surface area contributed by atoms with Crippen LogP contribution in [-0.2, 0) is 9.84 Å². The molecule has 0 spiro atoms. The van der Waals surface area contributed by atoms with E-state index in [1.165, 1.54) is 0 Å². The number of allylic oxidation sites excluding steroid dienone is 4. The molecule has 0 saturated heterocycles. The summed E-state index contributed by atoms with van der Waals surface area (Å²) in [6.07, 6.45) is 9.21. The van der Waals surface area contributed by atoms with Crippen molar-refractivity contribution in [1.82, 2.24) is 0 Å². The second-order valence-corrected chi connectivity index (χ2v) is 7.66. The molecule has 96 valence electrons. The van der Waals surface area contributed by atoms with Crippen LogP contribution in [0.4, 0.5) is 0 Å². The van der Waals surface area contributed by atoms with E-state index in [-0.39, 0.29) is 0 Å². The maximum absolute atomic E-state index is 12.4. The van der Waals surface area contributed by atoms with Gasteiger partial charge in [0.25, 0.3) is 0 Å². The second kappa shape index (κ2) is 4.97. The van der Waals surface area contributed by atoms with Crippen LogP contribution in [0.1, 0.15) is 52.4 Å². The van der Waals surface area contributed by atoms with Gasteiger partial charge in [-0.1, -0.05) is 26.0 Å². The number of sulfone groups is 1. The summed E-state index contributed by atoms with van der Waals surface area (Å²) in [5.41, 5.74) is 0. The lowest BCUT2D eigenvalue weighted by atomic mass is 9.96. The Morgan fingerprint density at radius 2 is 1.35 bits per heavy atom. The van der Waals surface area contributed by atoms with E-state index in [9.17, 15) is 8.42 Å². The molecular weight excluding hydrogens is 232 g/mol. The molecule has 0 aliphatic heterocycles. The summed E-state index contributed by atoms with van der Waals surface area (Å²) in [5, 5.41) is 0. The van der Waals surface area contributed by atoms with Crippen molar-refractivity contribution in [3.63, 3.8) is 0 Å². The second-order valence-electron chi connectivity index (χ2n) is 5.60. The first-order valence-corrected chi connectivity index (χ1v) is 8.11. The van der Waals surface area contributed by atoms with Crippen molar-refractivity contribution in [2.75, 3.05) is 0 Å². The van der Waals surface area contributed by atoms with Crippen LogP contribution in [-0.4, -0.2) is 8.42 Å². The van der Waals surface area contributed by atoms with E-state index >= 15 is 0 Å². The molecule has 2 aliphatic carbocycles. The van der Waals surface area contributed by atoms with Gasteiger partial charge in [0.15, 0.2) is 9.84 Å². The average Bonchev–Trinajstić information content (AvgIpc) is 2.30. The minimum absolute atomic E-state index is 0.634. The predicted octanol–water partition coefficient (Wildman–Crippen LogP) is 3.81. The predicted molar refractivity (Wildman–Crippen MR) is 71.1 cm³/mol. The molecule has 0 amide bonds. The first kappa shape index (κ1) is 12.9. The Hall–Kier alpha value is -0.570. The van der Waals surface area contributed by atoms with Crippen LogP contribution in [0, 0.1) is 11.8 Å². The van der Waals surface area contributed by atoms with Gasteiger partial charge < -0.3 is 0 Å². The van der Waals surface area contributed by atoms with Crippen molar-refractivity contribution < 1.29 is 8.42 Å². The van der Waals surface area contributed by atoms with E-state index in [2.05, 4.69) is 13.8 Å². The number of hydrogen-bond acceptors (Lipinski definition) is 2. The topological polar surface area (TPSA) is 34.1 Å². The Bertz CT molecular complexity index is 407. The van der Waals surface area contributed by atoms with Gasteiger partial charge in [-0.3, -0.25) is 0 Å². The molecule has 0 aromatic carbocycles. The third-order valence-electron chi connectivity index (χ3n) is 3.95. The van der Waals surface area contributed by atoms with Gasteiger partial charge in [0.2, 0.25) is 0 Å². The van der Waals surface area contributed by atoms with Gasteiger partial charge in [-0.15, -0.1) is 0 Å². The van der Waals surface area contributed by atoms with Crippen molar-refractivity contribution >= 4 is 9.84 Å². The quantitative estimate of drug-likeness (QED) is 0.751. The summed E-state index contributed by atoms with van der Waals surface area (Å²) < 4.78 is 24.8. The van der Waals surface area contributed by atoms with Gasteiger partial charge in [0, 0.05) is 9.81 Å². The molecule has 0 N–H and O–H groups in total. The molecule has 17 heavy (non-hydrogen) atoms. The van der Waals surface area contributed by atoms with Crippen molar-refractivity contribution in [1.29, 1.82) is 0 Å². The SMILES string of the molecule is CC1CC=C(S(=O)(=O)C2=CCC(C)CC2)CC1. The Kier molecular flexibility index (Phi) is 3.76. The van der Waals surface area contributed by atoms with E-state index in [1.807, 2.05) is 12.2 Å². The molecule has 0 radical (unpaired) electrons. The molecule has 2 unspecified atom stereocenters. The van der Waals surface area contributed by atoms with Crippen LogP contribution in [0.3, 0.4) is 0 Å². The Morgan fingerprint density at radius 1 is 0.941 bits per heavy atom. The monoisotopic (exact) mass is 254 g/mol. The van der Waals surface area contributed by atoms with Crippen molar-refractivity contribution in [3.05, 3.63) is 22.0 Å². The highest BCUT2D eigenvalue weighted by Crippen LogP contribution is 2.34. The molecule has 0 aromatic heterocycles. The van der Waals surface area contributed by atoms with E-state index in [4.69, 9.17) is 0 Å². The molecular formula is C14H22O2S. The minimum Gasteiger partial charge on any atom is -0.219 e. The fourth-order valence-corrected chi connectivity index (χ4v) is 4.28. The normalized spacial score (nSPS) is 30.7. The number of hydrogen-bond donors (Lipinski definition) is 0. The van der Waals surface area contributed by atoms with Gasteiger partial charge in [0.05, 0.1) is 0 Å². The van der Waals surface area contributed by atoms with Crippen LogP contribution in [0.15, 0.2) is 22.0 Å². The molecule has 0 fully saturated rings. The highest BCUT2D eigenvalue weighted by Gasteiger charge is 2.27. The third-order valence-corrected chi connectivity index (χ3v) is 6.08. The molecule has 0 saturated carbocycles. The summed E-state index contributed by atoms with van der Waals surface area (Å²) in [7, 11) is -3.11. The molecule has 2 atom stereocenters. The number of rotatable bonds is 2. The van der Waals surface area contributed by atoms with Crippen molar-refractivity contribution in [2.45, 2.75) is 52.4 Å². The molecule has 2 nitrogen and oxygen atoms in total. The lowest BCUT2D eigenvalue weighted by Gasteiger charge is -2.22. The van der Waals surface area contributed by atoms with Crippen LogP contribution >= 0.6 is 0 Å². The lowest BCUT2D eigenvalue weighted by Crippen LogP contribution is -2.15. The zero-order valence-corrected chi connectivity index (χ0v) is 11.6. The summed E-state index contributed by atoms with van der Waals surface area (Å²) in [5.74, 6) is 1.27. The Morgan fingerprint density at radius 3 is 1.65 bits per heavy atom. The fraction of sp³-hybridized carbons (Fsp3) is 0.714. The van der Waals surface area contributed by atoms with Gasteiger partial charge in [-0.25, -0.2) is 8.42 Å². The van der Waals surface area contributed by atoms with Gasteiger partial charge >= 0.3 is 0 Å². The summed E-state index contributed by atoms with van der Waals surface area (Å²) in [6, 6.07) is 0. The molecule has 2 aliphatic rings. The fourth-order valence-electron chi connectivity index (χ4n) is 2.54. The Balaban J connectivity index is 2.20. The molecule has 2 rings (SSSR count). The van der Waals surface area contributed by atoms with E-state index in [0.717, 1.165) is 38.5 Å². The minimum atomic E-state index is -3.11. The van der Waals surface area contributed by atoms with Gasteiger partial charge in [-0.2, -0.15) is 0 Å². The summed E-state index contributed by atoms with van der Waals surface area (Å²) in [4.78, 5) is 1.35. The highest BCUT2D eigenvalue weighted by molar-refractivity contribution is 7.98. The molecule has 0 bridgehead atoms. The smallest absolute Gasteiger partial charge is 0.198 e. The maximum Gasteiger partial charge on any atom is 0.198 e. The van der Waals surface area contributed by atoms with Crippen LogP contribution < -0.4 is 0 Å². The molecule has 3 heteroatoms. The van der Waals surface area contributed by atoms with E-state index in [1.54, 1.807) is 0 Å². The lowest BCUT2D eigenvalue weighted by molar-refractivity contribution is 0.510. The van der Waals surface area contributed by atoms with Crippen LogP contribution in [0.5, 0.6) is 0 Å². The van der Waals surface area contributed by atoms with E-state index in [0.29, 0.717) is 21.6 Å². The maximum atomic E-state index is 12.4. The first-order chi connectivity index (χ1) is 8.00. The van der Waals surface area contributed by atoms with Crippen molar-refractivity contribution in [3.8, 4) is 0 Å². The summed E-state index contributed by atoms with van der Waals surface area (Å²) in [6.45, 7) is 4.36.